The monoisotopic (exact) mass is 257 g/mol. The van der Waals surface area contributed by atoms with Crippen LogP contribution in [0.15, 0.2) is 0 Å². The topological polar surface area (TPSA) is 89.9 Å². The number of nitrogens with one attached hydrogen (secondary N) is 1. The average molecular weight is 257 g/mol. The second-order valence-electron chi connectivity index (χ2n) is 4.58. The van der Waals surface area contributed by atoms with Crippen molar-refractivity contribution in [1.82, 2.24) is 10.4 Å². The number of carbonyl (C=O) groups is 2. The van der Waals surface area contributed by atoms with Gasteiger partial charge in [0.2, 0.25) is 11.8 Å². The maximum atomic E-state index is 11.5. The Balaban J connectivity index is 2.15. The van der Waals surface area contributed by atoms with E-state index in [1.807, 2.05) is 0 Å². The van der Waals surface area contributed by atoms with Gasteiger partial charge in [0.05, 0.1) is 13.0 Å². The molecule has 3 N–H and O–H groups in total. The van der Waals surface area contributed by atoms with Crippen LogP contribution in [0.25, 0.3) is 0 Å². The van der Waals surface area contributed by atoms with E-state index in [-0.39, 0.29) is 18.4 Å². The zero-order chi connectivity index (χ0) is 13.4. The first-order chi connectivity index (χ1) is 8.67. The summed E-state index contributed by atoms with van der Waals surface area (Å²) in [6, 6.07) is 0. The fraction of sp³-hybridized carbons (Fsp3) is 0.750. The van der Waals surface area contributed by atoms with E-state index in [1.54, 1.807) is 10.4 Å². The van der Waals surface area contributed by atoms with E-state index in [0.29, 0.717) is 25.4 Å². The van der Waals surface area contributed by atoms with Gasteiger partial charge in [-0.05, 0) is 31.6 Å². The predicted octanol–water partition coefficient (Wildman–Crippen LogP) is 0.0973. The van der Waals surface area contributed by atoms with Gasteiger partial charge in [-0.1, -0.05) is 0 Å². The smallest absolute Gasteiger partial charge is 0.243 e. The van der Waals surface area contributed by atoms with Crippen LogP contribution in [0.2, 0.25) is 0 Å². The molecule has 0 aromatic heterocycles. The summed E-state index contributed by atoms with van der Waals surface area (Å²) in [5.74, 6) is 0.0884. The molecule has 18 heavy (non-hydrogen) atoms. The Bertz CT molecular complexity index is 275. The lowest BCUT2D eigenvalue weighted by Crippen LogP contribution is -2.39. The summed E-state index contributed by atoms with van der Waals surface area (Å²) >= 11 is 0. The molecule has 0 saturated carbocycles. The number of aliphatic hydroxyl groups excluding tert-OH is 1. The van der Waals surface area contributed by atoms with Gasteiger partial charge in [0.1, 0.15) is 0 Å². The standard InChI is InChI=1S/C12H21N2O4/c15-9-6-12(17)14-7-4-10(5-8-14)2-1-3-11(16)13-18/h6,10,15,18H,1-5,7-9H2,(H,13,16). The highest BCUT2D eigenvalue weighted by Crippen LogP contribution is 2.22. The van der Waals surface area contributed by atoms with Crippen LogP contribution >= 0.6 is 0 Å². The Morgan fingerprint density at radius 1 is 1.33 bits per heavy atom. The van der Waals surface area contributed by atoms with Crippen LogP contribution < -0.4 is 5.48 Å². The third-order valence-electron chi connectivity index (χ3n) is 3.33. The van der Waals surface area contributed by atoms with E-state index in [2.05, 4.69) is 0 Å². The van der Waals surface area contributed by atoms with Gasteiger partial charge in [-0.2, -0.15) is 0 Å². The van der Waals surface area contributed by atoms with Gasteiger partial charge >= 0.3 is 0 Å². The molecule has 0 unspecified atom stereocenters. The first kappa shape index (κ1) is 14.9. The second-order valence-corrected chi connectivity index (χ2v) is 4.58. The molecule has 0 bridgehead atoms. The van der Waals surface area contributed by atoms with Crippen molar-refractivity contribution < 1.29 is 19.9 Å². The SMILES string of the molecule is O=C(CCCC1CCN(C(=O)[CH]CO)CC1)NO. The van der Waals surface area contributed by atoms with Crippen molar-refractivity contribution in [1.29, 1.82) is 0 Å². The fourth-order valence-corrected chi connectivity index (χ4v) is 2.26. The number of carbonyl (C=O) groups excluding carboxylic acids is 2. The Morgan fingerprint density at radius 3 is 2.56 bits per heavy atom. The Morgan fingerprint density at radius 2 is 2.00 bits per heavy atom. The summed E-state index contributed by atoms with van der Waals surface area (Å²) in [5.41, 5.74) is 1.62. The zero-order valence-electron chi connectivity index (χ0n) is 10.5. The van der Waals surface area contributed by atoms with Crippen LogP contribution in [0, 0.1) is 12.3 Å². The highest BCUT2D eigenvalue weighted by atomic mass is 16.5. The molecule has 0 atom stereocenters. The largest absolute Gasteiger partial charge is 0.396 e. The number of aliphatic hydroxyl groups is 1. The summed E-state index contributed by atoms with van der Waals surface area (Å²) < 4.78 is 0. The van der Waals surface area contributed by atoms with Crippen molar-refractivity contribution in [2.75, 3.05) is 19.7 Å². The summed E-state index contributed by atoms with van der Waals surface area (Å²) in [4.78, 5) is 24.0. The first-order valence-corrected chi connectivity index (χ1v) is 6.33. The third-order valence-corrected chi connectivity index (χ3v) is 3.33. The first-order valence-electron chi connectivity index (χ1n) is 6.33. The molecule has 0 aromatic carbocycles. The van der Waals surface area contributed by atoms with Gasteiger partial charge in [0.25, 0.3) is 0 Å². The Hall–Kier alpha value is -1.14. The number of likely N-dealkylation sites (tertiary alicyclic amines) is 1. The number of hydrogen-bond donors (Lipinski definition) is 3. The molecule has 1 radical (unpaired) electrons. The zero-order valence-corrected chi connectivity index (χ0v) is 10.5. The molecule has 1 saturated heterocycles. The van der Waals surface area contributed by atoms with Gasteiger partial charge in [-0.15, -0.1) is 0 Å². The maximum absolute atomic E-state index is 11.5. The van der Waals surface area contributed by atoms with Crippen molar-refractivity contribution in [2.45, 2.75) is 32.1 Å². The van der Waals surface area contributed by atoms with Gasteiger partial charge in [0, 0.05) is 19.5 Å². The highest BCUT2D eigenvalue weighted by molar-refractivity contribution is 5.84. The van der Waals surface area contributed by atoms with E-state index >= 15 is 0 Å². The Kier molecular flexibility index (Phi) is 6.67. The van der Waals surface area contributed by atoms with E-state index in [1.165, 1.54) is 6.42 Å². The molecular weight excluding hydrogens is 236 g/mol. The second kappa shape index (κ2) is 8.05. The van der Waals surface area contributed by atoms with Crippen molar-refractivity contribution in [3.8, 4) is 0 Å². The van der Waals surface area contributed by atoms with Crippen LogP contribution in [0.1, 0.15) is 32.1 Å². The molecule has 6 nitrogen and oxygen atoms in total. The lowest BCUT2D eigenvalue weighted by molar-refractivity contribution is -0.129. The molecule has 0 spiro atoms. The molecule has 0 aliphatic carbocycles. The molecule has 1 fully saturated rings. The third kappa shape index (κ3) is 5.01. The number of hydroxylamine groups is 1. The van der Waals surface area contributed by atoms with Crippen LogP contribution in [0.5, 0.6) is 0 Å². The molecular formula is C12H21N2O4. The normalized spacial score (nSPS) is 16.7. The van der Waals surface area contributed by atoms with Gasteiger partial charge in [0.15, 0.2) is 0 Å². The number of amides is 2. The molecule has 2 amide bonds. The number of hydrogen-bond acceptors (Lipinski definition) is 4. The minimum atomic E-state index is -0.347. The minimum absolute atomic E-state index is 0.101. The lowest BCUT2D eigenvalue weighted by atomic mass is 9.91. The summed E-state index contributed by atoms with van der Waals surface area (Å²) in [6.45, 7) is 1.22. The van der Waals surface area contributed by atoms with E-state index in [4.69, 9.17) is 10.3 Å². The van der Waals surface area contributed by atoms with Gasteiger partial charge in [-0.25, -0.2) is 5.48 Å². The van der Waals surface area contributed by atoms with Crippen molar-refractivity contribution in [3.63, 3.8) is 0 Å². The summed E-state index contributed by atoms with van der Waals surface area (Å²) in [6.07, 6.45) is 5.20. The van der Waals surface area contributed by atoms with Gasteiger partial charge in [-0.3, -0.25) is 14.8 Å². The molecule has 0 aromatic rings. The van der Waals surface area contributed by atoms with Crippen LogP contribution in [0.4, 0.5) is 0 Å². The van der Waals surface area contributed by atoms with Gasteiger partial charge < -0.3 is 10.0 Å². The van der Waals surface area contributed by atoms with E-state index < -0.39 is 0 Å². The van der Waals surface area contributed by atoms with Crippen LogP contribution in [-0.2, 0) is 9.59 Å². The molecule has 103 valence electrons. The molecule has 1 heterocycles. The quantitative estimate of drug-likeness (QED) is 0.465. The lowest BCUT2D eigenvalue weighted by Gasteiger charge is -2.31. The highest BCUT2D eigenvalue weighted by Gasteiger charge is 2.22. The van der Waals surface area contributed by atoms with Crippen LogP contribution in [-0.4, -0.2) is 46.7 Å². The summed E-state index contributed by atoms with van der Waals surface area (Å²) in [5, 5.41) is 17.0. The molecule has 1 aliphatic rings. The number of piperidine rings is 1. The van der Waals surface area contributed by atoms with Crippen LogP contribution in [0.3, 0.4) is 0 Å². The maximum Gasteiger partial charge on any atom is 0.243 e. The number of rotatable bonds is 6. The molecule has 1 aliphatic heterocycles. The predicted molar refractivity (Wildman–Crippen MR) is 64.5 cm³/mol. The van der Waals surface area contributed by atoms with E-state index in [0.717, 1.165) is 25.7 Å². The molecule has 6 heteroatoms. The van der Waals surface area contributed by atoms with E-state index in [9.17, 15) is 9.59 Å². The number of nitrogens with zero attached hydrogens (tertiary/aromatic N) is 1. The van der Waals surface area contributed by atoms with Crippen molar-refractivity contribution >= 4 is 11.8 Å². The fourth-order valence-electron chi connectivity index (χ4n) is 2.26. The average Bonchev–Trinajstić information content (AvgIpc) is 2.39. The van der Waals surface area contributed by atoms with Crippen molar-refractivity contribution in [3.05, 3.63) is 6.42 Å². The minimum Gasteiger partial charge on any atom is -0.396 e. The summed E-state index contributed by atoms with van der Waals surface area (Å²) in [7, 11) is 0. The Labute approximate surface area is 107 Å². The molecule has 1 rings (SSSR count). The van der Waals surface area contributed by atoms with Crippen molar-refractivity contribution in [2.24, 2.45) is 5.92 Å².